The number of hydrogen-bond donors (Lipinski definition) is 0. The molecule has 0 N–H and O–H groups in total. The maximum Gasteiger partial charge on any atom is 0.137 e. The van der Waals surface area contributed by atoms with Gasteiger partial charge in [-0.15, -0.1) is 0 Å². The normalized spacial score (nSPS) is 12.1. The van der Waals surface area contributed by atoms with Crippen LogP contribution in [0.4, 0.5) is 0 Å². The summed E-state index contributed by atoms with van der Waals surface area (Å²) in [5, 5.41) is 9.72. The van der Waals surface area contributed by atoms with Crippen molar-refractivity contribution in [3.05, 3.63) is 170 Å². The Labute approximate surface area is 281 Å². The van der Waals surface area contributed by atoms with E-state index in [2.05, 4.69) is 167 Å². The molecule has 0 saturated carbocycles. The summed E-state index contributed by atoms with van der Waals surface area (Å²) in [5.74, 6) is 0. The maximum atomic E-state index is 6.36. The fourth-order valence-corrected chi connectivity index (χ4v) is 8.09. The smallest absolute Gasteiger partial charge is 0.137 e. The first-order valence-electron chi connectivity index (χ1n) is 16.8. The van der Waals surface area contributed by atoms with Crippen molar-refractivity contribution >= 4 is 76.3 Å². The highest BCUT2D eigenvalue weighted by atomic mass is 16.3. The average molecular weight is 625 g/mol. The summed E-state index contributed by atoms with van der Waals surface area (Å²) in [7, 11) is 0. The number of furan rings is 1. The van der Waals surface area contributed by atoms with E-state index < -0.39 is 0 Å². The Hall–Kier alpha value is -6.58. The van der Waals surface area contributed by atoms with Gasteiger partial charge in [-0.3, -0.25) is 0 Å². The Morgan fingerprint density at radius 2 is 0.939 bits per heavy atom. The molecule has 49 heavy (non-hydrogen) atoms. The summed E-state index contributed by atoms with van der Waals surface area (Å²) in [4.78, 5) is 0. The Balaban J connectivity index is 1.16. The molecule has 0 bridgehead atoms. The van der Waals surface area contributed by atoms with Gasteiger partial charge in [-0.25, -0.2) is 0 Å². The van der Waals surface area contributed by atoms with Crippen LogP contribution in [-0.2, 0) is 0 Å². The van der Waals surface area contributed by atoms with E-state index in [9.17, 15) is 0 Å². The second-order valence-electron chi connectivity index (χ2n) is 12.9. The molecule has 11 rings (SSSR count). The lowest BCUT2D eigenvalue weighted by Crippen LogP contribution is -1.94. The van der Waals surface area contributed by atoms with Gasteiger partial charge in [0.2, 0.25) is 0 Å². The molecule has 3 heterocycles. The lowest BCUT2D eigenvalue weighted by atomic mass is 10.00. The zero-order valence-corrected chi connectivity index (χ0v) is 26.5. The summed E-state index contributed by atoms with van der Waals surface area (Å²) < 4.78 is 11.1. The fourth-order valence-electron chi connectivity index (χ4n) is 8.09. The SMILES string of the molecule is c1ccc(-n2c3ccccc3c3cc(-c4ccc5c(c4)c4ccc6ccccc6c4n5-c4ccc5c(c4)oc4ccccc45)ccc32)cc1. The summed E-state index contributed by atoms with van der Waals surface area (Å²) in [6.07, 6.45) is 0. The topological polar surface area (TPSA) is 23.0 Å². The highest BCUT2D eigenvalue weighted by molar-refractivity contribution is 6.19. The van der Waals surface area contributed by atoms with Crippen molar-refractivity contribution < 1.29 is 4.42 Å². The largest absolute Gasteiger partial charge is 0.456 e. The van der Waals surface area contributed by atoms with E-state index in [1.54, 1.807) is 0 Å². The summed E-state index contributed by atoms with van der Waals surface area (Å²) in [6.45, 7) is 0. The van der Waals surface area contributed by atoms with Gasteiger partial charge in [0, 0.05) is 55.1 Å². The van der Waals surface area contributed by atoms with Crippen LogP contribution in [0.1, 0.15) is 0 Å². The molecule has 3 aromatic heterocycles. The van der Waals surface area contributed by atoms with Crippen molar-refractivity contribution in [2.75, 3.05) is 0 Å². The van der Waals surface area contributed by atoms with Gasteiger partial charge in [-0.05, 0) is 77.2 Å². The van der Waals surface area contributed by atoms with Crippen LogP contribution in [-0.4, -0.2) is 9.13 Å². The zero-order valence-electron chi connectivity index (χ0n) is 26.5. The standard InChI is InChI=1S/C46H28N2O/c1-2-11-32(12-3-1)47-41-16-8-6-14-35(41)39-26-30(19-24-42(39)47)31-20-25-43-40(27-31)38-22-18-29-10-4-5-13-34(29)46(38)48(43)33-21-23-37-36-15-7-9-17-44(36)49-45(37)28-33/h1-28H. The third-order valence-corrected chi connectivity index (χ3v) is 10.3. The molecular weight excluding hydrogens is 597 g/mol. The molecule has 0 aliphatic rings. The van der Waals surface area contributed by atoms with E-state index in [4.69, 9.17) is 4.42 Å². The first-order chi connectivity index (χ1) is 24.3. The Morgan fingerprint density at radius 3 is 1.78 bits per heavy atom. The van der Waals surface area contributed by atoms with Crippen LogP contribution in [0.5, 0.6) is 0 Å². The third-order valence-electron chi connectivity index (χ3n) is 10.3. The maximum absolute atomic E-state index is 6.36. The van der Waals surface area contributed by atoms with Crippen molar-refractivity contribution in [2.24, 2.45) is 0 Å². The zero-order chi connectivity index (χ0) is 32.1. The number of nitrogens with zero attached hydrogens (tertiary/aromatic N) is 2. The molecule has 11 aromatic rings. The van der Waals surface area contributed by atoms with Crippen LogP contribution in [0.15, 0.2) is 174 Å². The fraction of sp³-hybridized carbons (Fsp3) is 0. The predicted molar refractivity (Wildman–Crippen MR) is 205 cm³/mol. The van der Waals surface area contributed by atoms with E-state index in [1.165, 1.54) is 71.2 Å². The number of hydrogen-bond acceptors (Lipinski definition) is 1. The molecule has 0 aliphatic carbocycles. The molecule has 0 aliphatic heterocycles. The van der Waals surface area contributed by atoms with Crippen LogP contribution in [0.2, 0.25) is 0 Å². The van der Waals surface area contributed by atoms with Crippen molar-refractivity contribution in [2.45, 2.75) is 0 Å². The van der Waals surface area contributed by atoms with Gasteiger partial charge in [0.05, 0.1) is 22.1 Å². The van der Waals surface area contributed by atoms with Gasteiger partial charge in [0.15, 0.2) is 0 Å². The highest BCUT2D eigenvalue weighted by Gasteiger charge is 2.18. The van der Waals surface area contributed by atoms with E-state index >= 15 is 0 Å². The molecule has 0 spiro atoms. The Kier molecular flexibility index (Phi) is 5.38. The van der Waals surface area contributed by atoms with Gasteiger partial charge >= 0.3 is 0 Å². The van der Waals surface area contributed by atoms with E-state index in [0.717, 1.165) is 27.6 Å². The second-order valence-corrected chi connectivity index (χ2v) is 12.9. The molecule has 3 heteroatoms. The van der Waals surface area contributed by atoms with E-state index in [0.29, 0.717) is 0 Å². The summed E-state index contributed by atoms with van der Waals surface area (Å²) >= 11 is 0. The lowest BCUT2D eigenvalue weighted by molar-refractivity contribution is 0.668. The minimum absolute atomic E-state index is 0.897. The molecule has 0 fully saturated rings. The van der Waals surface area contributed by atoms with E-state index in [1.807, 2.05) is 12.1 Å². The van der Waals surface area contributed by atoms with Gasteiger partial charge in [0.1, 0.15) is 11.2 Å². The quantitative estimate of drug-likeness (QED) is 0.192. The average Bonchev–Trinajstić information content (AvgIpc) is 3.82. The number of aromatic nitrogens is 2. The minimum atomic E-state index is 0.897. The van der Waals surface area contributed by atoms with Crippen molar-refractivity contribution in [3.63, 3.8) is 0 Å². The summed E-state index contributed by atoms with van der Waals surface area (Å²) in [6, 6.07) is 61.4. The Morgan fingerprint density at radius 1 is 0.327 bits per heavy atom. The molecule has 228 valence electrons. The number of benzene rings is 8. The molecule has 0 radical (unpaired) electrons. The summed E-state index contributed by atoms with van der Waals surface area (Å²) in [5.41, 5.74) is 11.3. The first-order valence-corrected chi connectivity index (χ1v) is 16.8. The van der Waals surface area contributed by atoms with Gasteiger partial charge in [0.25, 0.3) is 0 Å². The number of rotatable bonds is 3. The second kappa shape index (κ2) is 9.96. The van der Waals surface area contributed by atoms with Crippen LogP contribution >= 0.6 is 0 Å². The molecule has 3 nitrogen and oxygen atoms in total. The van der Waals surface area contributed by atoms with Gasteiger partial charge in [-0.2, -0.15) is 0 Å². The van der Waals surface area contributed by atoms with Crippen molar-refractivity contribution in [1.82, 2.24) is 9.13 Å². The van der Waals surface area contributed by atoms with Crippen LogP contribution in [0.25, 0.3) is 98.8 Å². The predicted octanol–water partition coefficient (Wildman–Crippen LogP) is 12.6. The first kappa shape index (κ1) is 26.5. The third kappa shape index (κ3) is 3.78. The molecule has 0 unspecified atom stereocenters. The lowest BCUT2D eigenvalue weighted by Gasteiger charge is -2.10. The van der Waals surface area contributed by atoms with E-state index in [-0.39, 0.29) is 0 Å². The van der Waals surface area contributed by atoms with Crippen LogP contribution in [0.3, 0.4) is 0 Å². The van der Waals surface area contributed by atoms with Gasteiger partial charge < -0.3 is 13.6 Å². The highest BCUT2D eigenvalue weighted by Crippen LogP contribution is 2.41. The number of para-hydroxylation sites is 3. The molecule has 0 atom stereocenters. The molecular formula is C46H28N2O. The van der Waals surface area contributed by atoms with Crippen LogP contribution < -0.4 is 0 Å². The van der Waals surface area contributed by atoms with Crippen molar-refractivity contribution in [1.29, 1.82) is 0 Å². The molecule has 8 aromatic carbocycles. The molecule has 0 amide bonds. The minimum Gasteiger partial charge on any atom is -0.456 e. The van der Waals surface area contributed by atoms with Crippen LogP contribution in [0, 0.1) is 0 Å². The monoisotopic (exact) mass is 624 g/mol. The number of fused-ring (bicyclic) bond motifs is 11. The van der Waals surface area contributed by atoms with Gasteiger partial charge in [-0.1, -0.05) is 103 Å². The molecule has 0 saturated heterocycles. The Bertz CT molecular complexity index is 3100. The van der Waals surface area contributed by atoms with Crippen molar-refractivity contribution in [3.8, 4) is 22.5 Å².